The molecule has 0 aliphatic carbocycles. The van der Waals surface area contributed by atoms with Crippen molar-refractivity contribution in [2.24, 2.45) is 0 Å². The van der Waals surface area contributed by atoms with Crippen molar-refractivity contribution < 1.29 is 13.2 Å². The van der Waals surface area contributed by atoms with Crippen LogP contribution < -0.4 is 5.32 Å². The number of nitrogens with one attached hydrogen (secondary N) is 1. The Hall–Kier alpha value is -2.40. The van der Waals surface area contributed by atoms with Gasteiger partial charge >= 0.3 is 0 Å². The predicted octanol–water partition coefficient (Wildman–Crippen LogP) is 3.64. The number of nitriles is 1. The Morgan fingerprint density at radius 1 is 1.11 bits per heavy atom. The van der Waals surface area contributed by atoms with Crippen LogP contribution in [0.3, 0.4) is 0 Å². The van der Waals surface area contributed by atoms with Crippen LogP contribution >= 0.6 is 11.6 Å². The highest BCUT2D eigenvalue weighted by Crippen LogP contribution is 2.29. The van der Waals surface area contributed by atoms with Gasteiger partial charge in [0.05, 0.1) is 16.7 Å². The number of sulfonamides is 1. The molecule has 0 radical (unpaired) electrons. The van der Waals surface area contributed by atoms with E-state index < -0.39 is 15.9 Å². The van der Waals surface area contributed by atoms with Crippen molar-refractivity contribution in [3.8, 4) is 6.07 Å². The van der Waals surface area contributed by atoms with E-state index >= 15 is 0 Å². The molecule has 1 aliphatic heterocycles. The SMILES string of the molecule is N#Cc1cccc(C(=O)Nc2ccc(Cl)c(S(=O)(=O)N3CCCCC3)c2)c1. The normalized spacial score (nSPS) is 15.1. The van der Waals surface area contributed by atoms with Crippen molar-refractivity contribution in [1.29, 1.82) is 5.26 Å². The van der Waals surface area contributed by atoms with Crippen LogP contribution in [-0.2, 0) is 10.0 Å². The van der Waals surface area contributed by atoms with Gasteiger partial charge in [-0.1, -0.05) is 24.1 Å². The van der Waals surface area contributed by atoms with Crippen molar-refractivity contribution in [2.45, 2.75) is 24.2 Å². The maximum absolute atomic E-state index is 12.9. The number of piperidine rings is 1. The van der Waals surface area contributed by atoms with E-state index in [9.17, 15) is 13.2 Å². The Bertz CT molecular complexity index is 1010. The molecule has 27 heavy (non-hydrogen) atoms. The molecule has 6 nitrogen and oxygen atoms in total. The summed E-state index contributed by atoms with van der Waals surface area (Å²) in [7, 11) is -3.72. The molecule has 0 aromatic heterocycles. The number of rotatable bonds is 4. The Labute approximate surface area is 163 Å². The van der Waals surface area contributed by atoms with E-state index in [1.807, 2.05) is 6.07 Å². The lowest BCUT2D eigenvalue weighted by atomic mass is 10.1. The van der Waals surface area contributed by atoms with Crippen LogP contribution in [0.2, 0.25) is 5.02 Å². The molecule has 0 spiro atoms. The quantitative estimate of drug-likeness (QED) is 0.843. The Kier molecular flexibility index (Phi) is 5.80. The summed E-state index contributed by atoms with van der Waals surface area (Å²) in [5.74, 6) is -0.434. The zero-order chi connectivity index (χ0) is 19.4. The van der Waals surface area contributed by atoms with Crippen molar-refractivity contribution in [3.05, 3.63) is 58.6 Å². The molecular formula is C19H18ClN3O3S. The number of carbonyl (C=O) groups excluding carboxylic acids is 1. The first-order valence-electron chi connectivity index (χ1n) is 8.53. The molecule has 1 N–H and O–H groups in total. The monoisotopic (exact) mass is 403 g/mol. The second-order valence-corrected chi connectivity index (χ2v) is 8.57. The van der Waals surface area contributed by atoms with Crippen LogP contribution in [-0.4, -0.2) is 31.7 Å². The topological polar surface area (TPSA) is 90.3 Å². The first-order chi connectivity index (χ1) is 12.9. The number of anilines is 1. The second kappa shape index (κ2) is 8.09. The van der Waals surface area contributed by atoms with Crippen LogP contribution in [0.1, 0.15) is 35.2 Å². The Morgan fingerprint density at radius 2 is 1.85 bits per heavy atom. The van der Waals surface area contributed by atoms with E-state index in [1.54, 1.807) is 24.3 Å². The fourth-order valence-electron chi connectivity index (χ4n) is 2.96. The third-order valence-corrected chi connectivity index (χ3v) is 6.76. The molecule has 1 heterocycles. The van der Waals surface area contributed by atoms with E-state index in [-0.39, 0.29) is 9.92 Å². The molecule has 1 aliphatic rings. The summed E-state index contributed by atoms with van der Waals surface area (Å²) in [5.41, 5.74) is 0.999. The lowest BCUT2D eigenvalue weighted by Crippen LogP contribution is -2.35. The lowest BCUT2D eigenvalue weighted by Gasteiger charge is -2.26. The average molecular weight is 404 g/mol. The minimum absolute atomic E-state index is 0.0188. The van der Waals surface area contributed by atoms with Gasteiger partial charge in [-0.05, 0) is 49.2 Å². The standard InChI is InChI=1S/C19H18ClN3O3S/c20-17-8-7-16(22-19(24)15-6-4-5-14(11-15)13-21)12-18(17)27(25,26)23-9-2-1-3-10-23/h4-8,11-12H,1-3,9-10H2,(H,22,24). The molecule has 1 saturated heterocycles. The molecule has 1 fully saturated rings. The van der Waals surface area contributed by atoms with Gasteiger partial charge in [0.2, 0.25) is 10.0 Å². The maximum atomic E-state index is 12.9. The summed E-state index contributed by atoms with van der Waals surface area (Å²) in [5, 5.41) is 11.7. The van der Waals surface area contributed by atoms with Crippen LogP contribution in [0.4, 0.5) is 5.69 Å². The van der Waals surface area contributed by atoms with Crippen molar-refractivity contribution in [1.82, 2.24) is 4.31 Å². The minimum atomic E-state index is -3.72. The third kappa shape index (κ3) is 4.30. The van der Waals surface area contributed by atoms with Crippen molar-refractivity contribution in [3.63, 3.8) is 0 Å². The van der Waals surface area contributed by atoms with E-state index in [4.69, 9.17) is 16.9 Å². The van der Waals surface area contributed by atoms with Gasteiger partial charge in [0.1, 0.15) is 4.90 Å². The number of hydrogen-bond donors (Lipinski definition) is 1. The Balaban J connectivity index is 1.87. The summed E-state index contributed by atoms with van der Waals surface area (Å²) < 4.78 is 27.2. The van der Waals surface area contributed by atoms with Crippen molar-refractivity contribution >= 4 is 33.2 Å². The largest absolute Gasteiger partial charge is 0.322 e. The smallest absolute Gasteiger partial charge is 0.255 e. The summed E-state index contributed by atoms with van der Waals surface area (Å²) in [6, 6.07) is 12.6. The first-order valence-corrected chi connectivity index (χ1v) is 10.3. The number of benzene rings is 2. The van der Waals surface area contributed by atoms with Gasteiger partial charge in [-0.15, -0.1) is 0 Å². The van der Waals surface area contributed by atoms with E-state index in [0.29, 0.717) is 29.9 Å². The average Bonchev–Trinajstić information content (AvgIpc) is 2.70. The fraction of sp³-hybridized carbons (Fsp3) is 0.263. The lowest BCUT2D eigenvalue weighted by molar-refractivity contribution is 0.102. The molecule has 1 amide bonds. The number of carbonyl (C=O) groups is 1. The third-order valence-electron chi connectivity index (χ3n) is 4.38. The molecular weight excluding hydrogens is 386 g/mol. The summed E-state index contributed by atoms with van der Waals surface area (Å²) >= 11 is 6.14. The summed E-state index contributed by atoms with van der Waals surface area (Å²) in [4.78, 5) is 12.4. The van der Waals surface area contributed by atoms with Gasteiger partial charge in [-0.2, -0.15) is 9.57 Å². The Morgan fingerprint density at radius 3 is 2.56 bits per heavy atom. The number of amides is 1. The van der Waals surface area contributed by atoms with Crippen LogP contribution in [0.15, 0.2) is 47.4 Å². The molecule has 2 aromatic rings. The predicted molar refractivity (Wildman–Crippen MR) is 103 cm³/mol. The van der Waals surface area contributed by atoms with Gasteiger partial charge in [0, 0.05) is 24.3 Å². The van der Waals surface area contributed by atoms with Crippen molar-refractivity contribution in [2.75, 3.05) is 18.4 Å². The molecule has 0 unspecified atom stereocenters. The van der Waals surface area contributed by atoms with Crippen LogP contribution in [0.5, 0.6) is 0 Å². The molecule has 0 atom stereocenters. The highest BCUT2D eigenvalue weighted by molar-refractivity contribution is 7.89. The molecule has 0 saturated carbocycles. The van der Waals surface area contributed by atoms with Crippen LogP contribution in [0.25, 0.3) is 0 Å². The number of hydrogen-bond acceptors (Lipinski definition) is 4. The van der Waals surface area contributed by atoms with E-state index in [0.717, 1.165) is 19.3 Å². The van der Waals surface area contributed by atoms with Gasteiger partial charge in [-0.3, -0.25) is 4.79 Å². The number of nitrogens with zero attached hydrogens (tertiary/aromatic N) is 2. The second-order valence-electron chi connectivity index (χ2n) is 6.26. The summed E-state index contributed by atoms with van der Waals surface area (Å²) in [6.07, 6.45) is 2.66. The fourth-order valence-corrected chi connectivity index (χ4v) is 4.97. The molecule has 140 valence electrons. The molecule has 2 aromatic carbocycles. The zero-order valence-electron chi connectivity index (χ0n) is 14.5. The van der Waals surface area contributed by atoms with Gasteiger partial charge in [-0.25, -0.2) is 8.42 Å². The van der Waals surface area contributed by atoms with Gasteiger partial charge < -0.3 is 5.32 Å². The maximum Gasteiger partial charge on any atom is 0.255 e. The van der Waals surface area contributed by atoms with Crippen LogP contribution in [0, 0.1) is 11.3 Å². The molecule has 8 heteroatoms. The molecule has 3 rings (SSSR count). The summed E-state index contributed by atoms with van der Waals surface area (Å²) in [6.45, 7) is 0.937. The number of halogens is 1. The highest BCUT2D eigenvalue weighted by atomic mass is 35.5. The first kappa shape index (κ1) is 19.4. The molecule has 0 bridgehead atoms. The van der Waals surface area contributed by atoms with Gasteiger partial charge in [0.25, 0.3) is 5.91 Å². The van der Waals surface area contributed by atoms with E-state index in [2.05, 4.69) is 5.32 Å². The zero-order valence-corrected chi connectivity index (χ0v) is 16.1. The highest BCUT2D eigenvalue weighted by Gasteiger charge is 2.28. The van der Waals surface area contributed by atoms with Gasteiger partial charge in [0.15, 0.2) is 0 Å². The minimum Gasteiger partial charge on any atom is -0.322 e. The van der Waals surface area contributed by atoms with E-state index in [1.165, 1.54) is 22.5 Å².